The molecule has 0 aliphatic heterocycles. The Kier molecular flexibility index (Phi) is 5.99. The lowest BCUT2D eigenvalue weighted by molar-refractivity contribution is -0.141. The maximum Gasteiger partial charge on any atom is 0.303 e. The topological polar surface area (TPSA) is 86.6 Å². The summed E-state index contributed by atoms with van der Waals surface area (Å²) < 4.78 is 0. The lowest BCUT2D eigenvalue weighted by Gasteiger charge is -2.37. The van der Waals surface area contributed by atoms with E-state index in [1.807, 2.05) is 6.92 Å². The summed E-state index contributed by atoms with van der Waals surface area (Å²) >= 11 is 0. The summed E-state index contributed by atoms with van der Waals surface area (Å²) in [5.74, 6) is -0.980. The summed E-state index contributed by atoms with van der Waals surface area (Å²) in [5, 5.41) is 21.3. The molecule has 116 valence electrons. The Hall–Kier alpha value is -1.10. The van der Waals surface area contributed by atoms with Crippen molar-refractivity contribution in [1.29, 1.82) is 0 Å². The Morgan fingerprint density at radius 1 is 1.20 bits per heavy atom. The van der Waals surface area contributed by atoms with E-state index in [1.54, 1.807) is 6.92 Å². The molecule has 1 atom stereocenters. The van der Waals surface area contributed by atoms with Gasteiger partial charge in [-0.05, 0) is 31.6 Å². The third-order valence-electron chi connectivity index (χ3n) is 4.55. The smallest absolute Gasteiger partial charge is 0.303 e. The predicted molar refractivity (Wildman–Crippen MR) is 76.3 cm³/mol. The third-order valence-corrected chi connectivity index (χ3v) is 4.55. The summed E-state index contributed by atoms with van der Waals surface area (Å²) in [6.45, 7) is 3.60. The standard InChI is InChI=1S/C15H27NO4/c1-3-14(2,11-17)16-12(18)9-15(10-13(19)20)7-5-4-6-8-15/h17H,3-11H2,1-2H3,(H,16,18)(H,19,20). The Balaban J connectivity index is 2.69. The van der Waals surface area contributed by atoms with Crippen LogP contribution in [0.15, 0.2) is 0 Å². The van der Waals surface area contributed by atoms with Gasteiger partial charge in [0.05, 0.1) is 18.6 Å². The molecule has 3 N–H and O–H groups in total. The number of carbonyl (C=O) groups is 2. The van der Waals surface area contributed by atoms with Crippen molar-refractivity contribution in [3.63, 3.8) is 0 Å². The van der Waals surface area contributed by atoms with Crippen molar-refractivity contribution in [2.45, 2.75) is 70.8 Å². The van der Waals surface area contributed by atoms with Crippen molar-refractivity contribution in [1.82, 2.24) is 5.32 Å². The highest BCUT2D eigenvalue weighted by atomic mass is 16.4. The average Bonchev–Trinajstić information content (AvgIpc) is 2.38. The molecule has 0 heterocycles. The second-order valence-corrected chi connectivity index (χ2v) is 6.43. The summed E-state index contributed by atoms with van der Waals surface area (Å²) in [7, 11) is 0. The second kappa shape index (κ2) is 7.07. The fourth-order valence-electron chi connectivity index (χ4n) is 3.00. The minimum absolute atomic E-state index is 0.0579. The van der Waals surface area contributed by atoms with Gasteiger partial charge in [-0.25, -0.2) is 0 Å². The molecule has 1 unspecified atom stereocenters. The van der Waals surface area contributed by atoms with Crippen LogP contribution in [0.4, 0.5) is 0 Å². The van der Waals surface area contributed by atoms with Crippen LogP contribution in [0, 0.1) is 5.41 Å². The van der Waals surface area contributed by atoms with E-state index in [0.717, 1.165) is 32.1 Å². The van der Waals surface area contributed by atoms with E-state index in [9.17, 15) is 14.7 Å². The predicted octanol–water partition coefficient (Wildman–Crippen LogP) is 2.08. The molecule has 1 rings (SSSR count). The molecule has 0 bridgehead atoms. The molecule has 1 fully saturated rings. The van der Waals surface area contributed by atoms with Gasteiger partial charge in [0.1, 0.15) is 0 Å². The number of aliphatic hydroxyl groups excluding tert-OH is 1. The Morgan fingerprint density at radius 2 is 1.80 bits per heavy atom. The molecule has 0 spiro atoms. The zero-order valence-corrected chi connectivity index (χ0v) is 12.6. The number of nitrogens with one attached hydrogen (secondary N) is 1. The van der Waals surface area contributed by atoms with Crippen molar-refractivity contribution in [3.05, 3.63) is 0 Å². The van der Waals surface area contributed by atoms with Gasteiger partial charge in [0.2, 0.25) is 5.91 Å². The number of amides is 1. The first-order valence-corrected chi connectivity index (χ1v) is 7.48. The van der Waals surface area contributed by atoms with Gasteiger partial charge in [-0.2, -0.15) is 0 Å². The van der Waals surface area contributed by atoms with E-state index in [-0.39, 0.29) is 25.4 Å². The largest absolute Gasteiger partial charge is 0.481 e. The Labute approximate surface area is 120 Å². The minimum atomic E-state index is -0.833. The quantitative estimate of drug-likeness (QED) is 0.668. The lowest BCUT2D eigenvalue weighted by atomic mass is 9.69. The molecule has 0 radical (unpaired) electrons. The van der Waals surface area contributed by atoms with Crippen LogP contribution >= 0.6 is 0 Å². The number of hydrogen-bond acceptors (Lipinski definition) is 3. The zero-order valence-electron chi connectivity index (χ0n) is 12.6. The highest BCUT2D eigenvalue weighted by Gasteiger charge is 2.37. The van der Waals surface area contributed by atoms with Crippen LogP contribution in [0.3, 0.4) is 0 Å². The maximum atomic E-state index is 12.2. The van der Waals surface area contributed by atoms with Gasteiger partial charge in [-0.3, -0.25) is 9.59 Å². The van der Waals surface area contributed by atoms with Gasteiger partial charge in [0.25, 0.3) is 0 Å². The highest BCUT2D eigenvalue weighted by Crippen LogP contribution is 2.42. The SMILES string of the molecule is CCC(C)(CO)NC(=O)CC1(CC(=O)O)CCCCC1. The van der Waals surface area contributed by atoms with Crippen molar-refractivity contribution >= 4 is 11.9 Å². The molecule has 0 aromatic rings. The van der Waals surface area contributed by atoms with Crippen molar-refractivity contribution in [3.8, 4) is 0 Å². The van der Waals surface area contributed by atoms with Crippen LogP contribution in [0.25, 0.3) is 0 Å². The molecule has 0 aromatic carbocycles. The molecule has 20 heavy (non-hydrogen) atoms. The summed E-state index contributed by atoms with van der Waals surface area (Å²) in [4.78, 5) is 23.3. The molecule has 1 aliphatic rings. The molecule has 1 aliphatic carbocycles. The molecule has 1 saturated carbocycles. The van der Waals surface area contributed by atoms with Crippen LogP contribution in [0.1, 0.15) is 65.2 Å². The lowest BCUT2D eigenvalue weighted by Crippen LogP contribution is -2.50. The van der Waals surface area contributed by atoms with Gasteiger partial charge in [-0.1, -0.05) is 26.2 Å². The van der Waals surface area contributed by atoms with E-state index in [1.165, 1.54) is 0 Å². The van der Waals surface area contributed by atoms with E-state index in [2.05, 4.69) is 5.32 Å². The molecule has 1 amide bonds. The number of aliphatic hydroxyl groups is 1. The van der Waals surface area contributed by atoms with Crippen LogP contribution in [0.2, 0.25) is 0 Å². The average molecular weight is 285 g/mol. The molecular weight excluding hydrogens is 258 g/mol. The van der Waals surface area contributed by atoms with Crippen molar-refractivity contribution in [2.75, 3.05) is 6.61 Å². The number of hydrogen-bond donors (Lipinski definition) is 3. The minimum Gasteiger partial charge on any atom is -0.481 e. The van der Waals surface area contributed by atoms with Gasteiger partial charge in [0, 0.05) is 6.42 Å². The van der Waals surface area contributed by atoms with Gasteiger partial charge in [-0.15, -0.1) is 0 Å². The normalized spacial score (nSPS) is 20.9. The van der Waals surface area contributed by atoms with E-state index >= 15 is 0 Å². The zero-order chi connectivity index (χ0) is 15.2. The molecule has 5 heteroatoms. The number of carbonyl (C=O) groups excluding carboxylic acids is 1. The van der Waals surface area contributed by atoms with Gasteiger partial charge in [0.15, 0.2) is 0 Å². The van der Waals surface area contributed by atoms with E-state index < -0.39 is 16.9 Å². The van der Waals surface area contributed by atoms with Crippen molar-refractivity contribution in [2.24, 2.45) is 5.41 Å². The highest BCUT2D eigenvalue weighted by molar-refractivity contribution is 5.78. The van der Waals surface area contributed by atoms with Gasteiger partial charge < -0.3 is 15.5 Å². The van der Waals surface area contributed by atoms with Crippen LogP contribution in [-0.2, 0) is 9.59 Å². The fraction of sp³-hybridized carbons (Fsp3) is 0.867. The number of carboxylic acid groups (broad SMARTS) is 1. The van der Waals surface area contributed by atoms with E-state index in [4.69, 9.17) is 5.11 Å². The van der Waals surface area contributed by atoms with Crippen LogP contribution in [0.5, 0.6) is 0 Å². The maximum absolute atomic E-state index is 12.2. The number of aliphatic carboxylic acids is 1. The van der Waals surface area contributed by atoms with Crippen LogP contribution < -0.4 is 5.32 Å². The molecule has 0 saturated heterocycles. The first-order valence-electron chi connectivity index (χ1n) is 7.48. The fourth-order valence-corrected chi connectivity index (χ4v) is 3.00. The summed E-state index contributed by atoms with van der Waals surface area (Å²) in [5.41, 5.74) is -1.02. The third kappa shape index (κ3) is 4.78. The molecule has 0 aromatic heterocycles. The first-order chi connectivity index (χ1) is 9.35. The number of rotatable bonds is 7. The van der Waals surface area contributed by atoms with Crippen molar-refractivity contribution < 1.29 is 19.8 Å². The second-order valence-electron chi connectivity index (χ2n) is 6.43. The van der Waals surface area contributed by atoms with E-state index in [0.29, 0.717) is 6.42 Å². The molecular formula is C15H27NO4. The first kappa shape index (κ1) is 17.0. The Morgan fingerprint density at radius 3 is 2.25 bits per heavy atom. The van der Waals surface area contributed by atoms with Gasteiger partial charge >= 0.3 is 5.97 Å². The Bertz CT molecular complexity index is 344. The van der Waals surface area contributed by atoms with Crippen LogP contribution in [-0.4, -0.2) is 34.2 Å². The summed E-state index contributed by atoms with van der Waals surface area (Å²) in [6, 6.07) is 0. The number of carboxylic acids is 1. The molecule has 5 nitrogen and oxygen atoms in total. The monoisotopic (exact) mass is 285 g/mol. The summed E-state index contributed by atoms with van der Waals surface area (Å²) in [6.07, 6.45) is 5.64.